The van der Waals surface area contributed by atoms with E-state index in [4.69, 9.17) is 0 Å². The van der Waals surface area contributed by atoms with Gasteiger partial charge in [-0.05, 0) is 30.7 Å². The fourth-order valence-electron chi connectivity index (χ4n) is 2.81. The van der Waals surface area contributed by atoms with Gasteiger partial charge in [-0.2, -0.15) is 0 Å². The Morgan fingerprint density at radius 1 is 1.04 bits per heavy atom. The van der Waals surface area contributed by atoms with Crippen molar-refractivity contribution in [3.8, 4) is 10.4 Å². The average Bonchev–Trinajstić information content (AvgIpc) is 3.07. The maximum Gasteiger partial charge on any atom is 0.268 e. The lowest BCUT2D eigenvalue weighted by Gasteiger charge is -2.04. The van der Waals surface area contributed by atoms with Crippen molar-refractivity contribution in [2.75, 3.05) is 0 Å². The number of nitrogens with zero attached hydrogens (tertiary/aromatic N) is 1. The van der Waals surface area contributed by atoms with E-state index < -0.39 is 9.84 Å². The number of benzene rings is 2. The zero-order valence-electron chi connectivity index (χ0n) is 14.5. The minimum atomic E-state index is -3.59. The number of hydrogen-bond donors (Lipinski definition) is 1. The van der Waals surface area contributed by atoms with E-state index in [1.165, 1.54) is 11.3 Å². The van der Waals surface area contributed by atoms with Crippen molar-refractivity contribution in [2.45, 2.75) is 17.6 Å². The van der Waals surface area contributed by atoms with Gasteiger partial charge >= 0.3 is 0 Å². The molecule has 4 rings (SSSR count). The lowest BCUT2D eigenvalue weighted by atomic mass is 10.2. The summed E-state index contributed by atoms with van der Waals surface area (Å²) < 4.78 is 25.7. The van der Waals surface area contributed by atoms with E-state index >= 15 is 0 Å². The van der Waals surface area contributed by atoms with Crippen LogP contribution in [-0.2, 0) is 15.6 Å². The standard InChI is InChI=1S/C20H16N2O3S2/c1-13-7-9-15(10-8-13)27(24,25)12-18-21-16-11-17(14-5-3-2-4-6-14)26-19(16)20(23)22-18/h2-11H,12H2,1H3,(H,21,22,23). The smallest absolute Gasteiger partial charge is 0.268 e. The Morgan fingerprint density at radius 3 is 2.44 bits per heavy atom. The average molecular weight is 396 g/mol. The number of rotatable bonds is 4. The van der Waals surface area contributed by atoms with Gasteiger partial charge in [0.15, 0.2) is 9.84 Å². The molecule has 0 amide bonds. The first-order valence-electron chi connectivity index (χ1n) is 8.30. The molecule has 0 saturated carbocycles. The van der Waals surface area contributed by atoms with E-state index in [-0.39, 0.29) is 22.0 Å². The predicted molar refractivity (Wildman–Crippen MR) is 108 cm³/mol. The lowest BCUT2D eigenvalue weighted by molar-refractivity contribution is 0.594. The first-order chi connectivity index (χ1) is 12.9. The summed E-state index contributed by atoms with van der Waals surface area (Å²) in [6.07, 6.45) is 0. The number of aromatic nitrogens is 2. The third-order valence-electron chi connectivity index (χ3n) is 4.20. The second-order valence-corrected chi connectivity index (χ2v) is 9.32. The summed E-state index contributed by atoms with van der Waals surface area (Å²) in [6.45, 7) is 1.89. The van der Waals surface area contributed by atoms with Gasteiger partial charge in [0.1, 0.15) is 16.3 Å². The van der Waals surface area contributed by atoms with E-state index in [1.54, 1.807) is 24.3 Å². The van der Waals surface area contributed by atoms with E-state index in [9.17, 15) is 13.2 Å². The molecule has 0 aliphatic heterocycles. The summed E-state index contributed by atoms with van der Waals surface area (Å²) in [5.41, 5.74) is 2.17. The molecule has 2 heterocycles. The van der Waals surface area contributed by atoms with Gasteiger partial charge in [-0.3, -0.25) is 4.79 Å². The van der Waals surface area contributed by atoms with E-state index in [0.29, 0.717) is 10.2 Å². The number of H-pyrrole nitrogens is 1. The van der Waals surface area contributed by atoms with E-state index in [0.717, 1.165) is 16.0 Å². The van der Waals surface area contributed by atoms with E-state index in [1.807, 2.05) is 43.3 Å². The molecule has 0 fully saturated rings. The van der Waals surface area contributed by atoms with Crippen LogP contribution in [0.15, 0.2) is 70.4 Å². The van der Waals surface area contributed by atoms with Crippen molar-refractivity contribution in [3.05, 3.63) is 82.4 Å². The van der Waals surface area contributed by atoms with Crippen LogP contribution in [0.5, 0.6) is 0 Å². The second-order valence-electron chi connectivity index (χ2n) is 6.28. The van der Waals surface area contributed by atoms with Crippen LogP contribution in [0.3, 0.4) is 0 Å². The molecular weight excluding hydrogens is 380 g/mol. The fourth-order valence-corrected chi connectivity index (χ4v) is 5.02. The SMILES string of the molecule is Cc1ccc(S(=O)(=O)Cc2nc3cc(-c4ccccc4)sc3c(=O)[nH]2)cc1. The van der Waals surface area contributed by atoms with Crippen LogP contribution in [0.25, 0.3) is 20.7 Å². The zero-order valence-corrected chi connectivity index (χ0v) is 16.1. The minimum Gasteiger partial charge on any atom is -0.308 e. The molecule has 0 aliphatic rings. The fraction of sp³-hybridized carbons (Fsp3) is 0.100. The minimum absolute atomic E-state index is 0.144. The van der Waals surface area contributed by atoms with Crippen LogP contribution < -0.4 is 5.56 Å². The summed E-state index contributed by atoms with van der Waals surface area (Å²) in [5, 5.41) is 0. The highest BCUT2D eigenvalue weighted by Gasteiger charge is 2.18. The number of aryl methyl sites for hydroxylation is 1. The monoisotopic (exact) mass is 396 g/mol. The van der Waals surface area contributed by atoms with Gasteiger partial charge in [0.05, 0.1) is 10.4 Å². The van der Waals surface area contributed by atoms with Gasteiger partial charge in [0.25, 0.3) is 5.56 Å². The number of fused-ring (bicyclic) bond motifs is 1. The summed E-state index contributed by atoms with van der Waals surface area (Å²) in [6, 6.07) is 18.2. The van der Waals surface area contributed by atoms with Crippen molar-refractivity contribution < 1.29 is 8.42 Å². The quantitative estimate of drug-likeness (QED) is 0.567. The van der Waals surface area contributed by atoms with E-state index in [2.05, 4.69) is 9.97 Å². The highest BCUT2D eigenvalue weighted by molar-refractivity contribution is 7.90. The zero-order chi connectivity index (χ0) is 19.0. The Morgan fingerprint density at radius 2 is 1.74 bits per heavy atom. The van der Waals surface area contributed by atoms with Gasteiger partial charge in [-0.25, -0.2) is 13.4 Å². The van der Waals surface area contributed by atoms with Gasteiger partial charge in [0, 0.05) is 4.88 Å². The largest absolute Gasteiger partial charge is 0.308 e. The molecule has 2 aromatic carbocycles. The molecule has 4 aromatic rings. The molecule has 0 radical (unpaired) electrons. The molecule has 136 valence electrons. The first-order valence-corrected chi connectivity index (χ1v) is 10.8. The molecule has 0 atom stereocenters. The van der Waals surface area contributed by atoms with Crippen LogP contribution >= 0.6 is 11.3 Å². The molecule has 0 aliphatic carbocycles. The number of sulfone groups is 1. The first kappa shape index (κ1) is 17.6. The Kier molecular flexibility index (Phi) is 4.41. The summed E-state index contributed by atoms with van der Waals surface area (Å²) >= 11 is 1.35. The molecule has 0 unspecified atom stereocenters. The summed E-state index contributed by atoms with van der Waals surface area (Å²) in [4.78, 5) is 20.6. The predicted octanol–water partition coefficient (Wildman–Crippen LogP) is 3.93. The Balaban J connectivity index is 1.73. The van der Waals surface area contributed by atoms with Crippen molar-refractivity contribution in [3.63, 3.8) is 0 Å². The Labute approximate surface area is 160 Å². The molecule has 5 nitrogen and oxygen atoms in total. The maximum absolute atomic E-state index is 12.6. The number of thiophene rings is 1. The van der Waals surface area contributed by atoms with Crippen LogP contribution in [0.2, 0.25) is 0 Å². The highest BCUT2D eigenvalue weighted by Crippen LogP contribution is 2.30. The number of aromatic amines is 1. The van der Waals surface area contributed by atoms with Crippen molar-refractivity contribution >= 4 is 31.4 Å². The van der Waals surface area contributed by atoms with Crippen molar-refractivity contribution in [2.24, 2.45) is 0 Å². The normalized spacial score (nSPS) is 11.7. The highest BCUT2D eigenvalue weighted by atomic mass is 32.2. The third-order valence-corrected chi connectivity index (χ3v) is 7.01. The van der Waals surface area contributed by atoms with Crippen LogP contribution in [0.4, 0.5) is 0 Å². The number of nitrogens with one attached hydrogen (secondary N) is 1. The topological polar surface area (TPSA) is 79.9 Å². The van der Waals surface area contributed by atoms with Crippen molar-refractivity contribution in [1.82, 2.24) is 9.97 Å². The molecule has 27 heavy (non-hydrogen) atoms. The molecule has 2 aromatic heterocycles. The van der Waals surface area contributed by atoms with Crippen LogP contribution in [-0.4, -0.2) is 18.4 Å². The van der Waals surface area contributed by atoms with Crippen molar-refractivity contribution in [1.29, 1.82) is 0 Å². The third kappa shape index (κ3) is 3.56. The van der Waals surface area contributed by atoms with Crippen LogP contribution in [0, 0.1) is 6.92 Å². The van der Waals surface area contributed by atoms with Gasteiger partial charge in [-0.15, -0.1) is 11.3 Å². The molecule has 0 bridgehead atoms. The molecule has 7 heteroatoms. The van der Waals surface area contributed by atoms with Gasteiger partial charge in [-0.1, -0.05) is 48.0 Å². The molecular formula is C20H16N2O3S2. The number of hydrogen-bond acceptors (Lipinski definition) is 5. The molecule has 0 saturated heterocycles. The van der Waals surface area contributed by atoms with Gasteiger partial charge in [0.2, 0.25) is 0 Å². The van der Waals surface area contributed by atoms with Crippen LogP contribution in [0.1, 0.15) is 11.4 Å². The molecule has 1 N–H and O–H groups in total. The summed E-state index contributed by atoms with van der Waals surface area (Å²) in [5.74, 6) is -0.205. The lowest BCUT2D eigenvalue weighted by Crippen LogP contribution is -2.14. The molecule has 0 spiro atoms. The Bertz CT molecular complexity index is 1270. The van der Waals surface area contributed by atoms with Gasteiger partial charge < -0.3 is 4.98 Å². The maximum atomic E-state index is 12.6. The summed E-state index contributed by atoms with van der Waals surface area (Å²) in [7, 11) is -3.59. The second kappa shape index (κ2) is 6.75. The Hall–Kier alpha value is -2.77.